The Morgan fingerprint density at radius 2 is 2.00 bits per heavy atom. The normalized spacial score (nSPS) is 11.3. The van der Waals surface area contributed by atoms with Gasteiger partial charge in [0.2, 0.25) is 0 Å². The average Bonchev–Trinajstić information content (AvgIpc) is 2.06. The summed E-state index contributed by atoms with van der Waals surface area (Å²) in [4.78, 5) is 10.6. The maximum absolute atomic E-state index is 11.2. The maximum Gasteiger partial charge on any atom is 0.337 e. The highest BCUT2D eigenvalue weighted by Gasteiger charge is 2.17. The zero-order chi connectivity index (χ0) is 11.8. The van der Waals surface area contributed by atoms with Gasteiger partial charge < -0.3 is 10.8 Å². The molecule has 3 N–H and O–H groups in total. The van der Waals surface area contributed by atoms with Crippen LogP contribution >= 0.6 is 11.6 Å². The average molecular weight is 250 g/mol. The number of rotatable bonds is 2. The molecule has 0 radical (unpaired) electrons. The molecule has 0 amide bonds. The monoisotopic (exact) mass is 249 g/mol. The summed E-state index contributed by atoms with van der Waals surface area (Å²) in [6.07, 6.45) is 0.959. The lowest BCUT2D eigenvalue weighted by molar-refractivity contribution is 0.0698. The summed E-state index contributed by atoms with van der Waals surface area (Å²) in [5.74, 6) is -1.32. The zero-order valence-corrected chi connectivity index (χ0v) is 9.26. The van der Waals surface area contributed by atoms with E-state index in [9.17, 15) is 13.2 Å². The number of hydrogen-bond acceptors (Lipinski definition) is 4. The molecule has 0 heterocycles. The van der Waals surface area contributed by atoms with E-state index in [1.807, 2.05) is 0 Å². The first-order valence-corrected chi connectivity index (χ1v) is 6.03. The lowest BCUT2D eigenvalue weighted by Gasteiger charge is -2.06. The fraction of sp³-hybridized carbons (Fsp3) is 0.125. The first-order valence-electron chi connectivity index (χ1n) is 3.76. The number of anilines is 1. The molecule has 0 spiro atoms. The topological polar surface area (TPSA) is 97.5 Å². The maximum atomic E-state index is 11.2. The van der Waals surface area contributed by atoms with Crippen LogP contribution in [0.15, 0.2) is 17.0 Å². The Hall–Kier alpha value is -1.27. The van der Waals surface area contributed by atoms with Gasteiger partial charge in [0.1, 0.15) is 0 Å². The predicted molar refractivity (Wildman–Crippen MR) is 55.9 cm³/mol. The van der Waals surface area contributed by atoms with Gasteiger partial charge in [0.15, 0.2) is 9.84 Å². The molecule has 0 atom stereocenters. The highest BCUT2D eigenvalue weighted by molar-refractivity contribution is 7.90. The lowest BCUT2D eigenvalue weighted by Crippen LogP contribution is -2.06. The summed E-state index contributed by atoms with van der Waals surface area (Å²) >= 11 is 5.62. The third-order valence-electron chi connectivity index (χ3n) is 1.76. The van der Waals surface area contributed by atoms with Crippen LogP contribution in [0.3, 0.4) is 0 Å². The van der Waals surface area contributed by atoms with Crippen molar-refractivity contribution in [1.29, 1.82) is 0 Å². The summed E-state index contributed by atoms with van der Waals surface area (Å²) in [5.41, 5.74) is 4.93. The molecule has 0 aromatic heterocycles. The summed E-state index contributed by atoms with van der Waals surface area (Å²) in [6.45, 7) is 0. The molecule has 5 nitrogen and oxygen atoms in total. The van der Waals surface area contributed by atoms with E-state index in [1.165, 1.54) is 0 Å². The molecular formula is C8H8ClNO4S. The number of nitrogen functional groups attached to an aromatic ring is 1. The molecule has 1 aromatic rings. The number of carboxylic acids is 1. The molecule has 7 heteroatoms. The second-order valence-electron chi connectivity index (χ2n) is 2.94. The molecule has 1 aromatic carbocycles. The van der Waals surface area contributed by atoms with E-state index >= 15 is 0 Å². The number of halogens is 1. The van der Waals surface area contributed by atoms with E-state index in [1.54, 1.807) is 0 Å². The van der Waals surface area contributed by atoms with Gasteiger partial charge in [0.05, 0.1) is 21.2 Å². The van der Waals surface area contributed by atoms with Crippen molar-refractivity contribution in [2.24, 2.45) is 0 Å². The van der Waals surface area contributed by atoms with E-state index < -0.39 is 15.8 Å². The van der Waals surface area contributed by atoms with E-state index in [0.29, 0.717) is 0 Å². The number of benzene rings is 1. The molecule has 0 fully saturated rings. The highest BCUT2D eigenvalue weighted by Crippen LogP contribution is 2.27. The Morgan fingerprint density at radius 1 is 1.47 bits per heavy atom. The third kappa shape index (κ3) is 2.40. The van der Waals surface area contributed by atoms with Crippen molar-refractivity contribution in [3.63, 3.8) is 0 Å². The van der Waals surface area contributed by atoms with Gasteiger partial charge in [0, 0.05) is 6.26 Å². The minimum Gasteiger partial charge on any atom is -0.478 e. The van der Waals surface area contributed by atoms with Crippen molar-refractivity contribution in [2.75, 3.05) is 12.0 Å². The van der Waals surface area contributed by atoms with Crippen LogP contribution in [-0.2, 0) is 9.84 Å². The van der Waals surface area contributed by atoms with Gasteiger partial charge in [-0.05, 0) is 12.1 Å². The van der Waals surface area contributed by atoms with Crippen molar-refractivity contribution in [1.82, 2.24) is 0 Å². The Morgan fingerprint density at radius 3 is 2.40 bits per heavy atom. The molecule has 0 saturated heterocycles. The first kappa shape index (κ1) is 11.8. The molecular weight excluding hydrogens is 242 g/mol. The SMILES string of the molecule is CS(=O)(=O)c1cc(Cl)c(N)c(C(=O)O)c1. The third-order valence-corrected chi connectivity index (χ3v) is 3.17. The van der Waals surface area contributed by atoms with Crippen molar-refractivity contribution < 1.29 is 18.3 Å². The summed E-state index contributed by atoms with van der Waals surface area (Å²) in [5, 5.41) is 8.66. The summed E-state index contributed by atoms with van der Waals surface area (Å²) < 4.78 is 22.4. The van der Waals surface area contributed by atoms with Crippen LogP contribution in [0.25, 0.3) is 0 Å². The number of sulfone groups is 1. The minimum absolute atomic E-state index is 0.0877. The molecule has 0 saturated carbocycles. The van der Waals surface area contributed by atoms with Gasteiger partial charge in [-0.3, -0.25) is 0 Å². The predicted octanol–water partition coefficient (Wildman–Crippen LogP) is 1.02. The van der Waals surface area contributed by atoms with Crippen molar-refractivity contribution in [2.45, 2.75) is 4.90 Å². The Kier molecular flexibility index (Phi) is 2.92. The second-order valence-corrected chi connectivity index (χ2v) is 5.37. The van der Waals surface area contributed by atoms with Crippen molar-refractivity contribution in [3.8, 4) is 0 Å². The molecule has 0 aliphatic rings. The van der Waals surface area contributed by atoms with Crippen LogP contribution < -0.4 is 5.73 Å². The smallest absolute Gasteiger partial charge is 0.337 e. The molecule has 0 aliphatic carbocycles. The van der Waals surface area contributed by atoms with Crippen LogP contribution in [0, 0.1) is 0 Å². The van der Waals surface area contributed by atoms with Gasteiger partial charge in [-0.1, -0.05) is 11.6 Å². The molecule has 0 unspecified atom stereocenters. The van der Waals surface area contributed by atoms with Crippen LogP contribution in [0.1, 0.15) is 10.4 Å². The van der Waals surface area contributed by atoms with Crippen molar-refractivity contribution in [3.05, 3.63) is 22.7 Å². The number of carboxylic acid groups (broad SMARTS) is 1. The van der Waals surface area contributed by atoms with Crippen molar-refractivity contribution >= 4 is 33.1 Å². The van der Waals surface area contributed by atoms with E-state index in [2.05, 4.69) is 0 Å². The van der Waals surface area contributed by atoms with E-state index in [-0.39, 0.29) is 21.2 Å². The summed E-state index contributed by atoms with van der Waals surface area (Å²) in [7, 11) is -3.50. The number of nitrogens with two attached hydrogens (primary N) is 1. The number of carbonyl (C=O) groups is 1. The van der Waals surface area contributed by atoms with Gasteiger partial charge in [0.25, 0.3) is 0 Å². The number of aromatic carboxylic acids is 1. The van der Waals surface area contributed by atoms with Gasteiger partial charge >= 0.3 is 5.97 Å². The zero-order valence-electron chi connectivity index (χ0n) is 7.69. The van der Waals surface area contributed by atoms with Gasteiger partial charge in [-0.2, -0.15) is 0 Å². The summed E-state index contributed by atoms with van der Waals surface area (Å²) in [6, 6.07) is 2.11. The highest BCUT2D eigenvalue weighted by atomic mass is 35.5. The molecule has 0 bridgehead atoms. The Bertz CT molecular complexity index is 524. The minimum atomic E-state index is -3.50. The first-order chi connectivity index (χ1) is 6.73. The molecule has 0 aliphatic heterocycles. The van der Waals surface area contributed by atoms with Crippen LogP contribution in [-0.4, -0.2) is 25.7 Å². The molecule has 1 rings (SSSR count). The fourth-order valence-electron chi connectivity index (χ4n) is 0.984. The van der Waals surface area contributed by atoms with Crippen LogP contribution in [0.5, 0.6) is 0 Å². The van der Waals surface area contributed by atoms with Crippen LogP contribution in [0.2, 0.25) is 5.02 Å². The second kappa shape index (κ2) is 3.71. The fourth-order valence-corrected chi connectivity index (χ4v) is 1.93. The van der Waals surface area contributed by atoms with Gasteiger partial charge in [-0.15, -0.1) is 0 Å². The Balaban J connectivity index is 3.57. The lowest BCUT2D eigenvalue weighted by atomic mass is 10.2. The molecule has 82 valence electrons. The van der Waals surface area contributed by atoms with Crippen LogP contribution in [0.4, 0.5) is 5.69 Å². The standard InChI is InChI=1S/C8H8ClNO4S/c1-15(13,14)4-2-5(8(11)12)7(10)6(9)3-4/h2-3H,10H2,1H3,(H,11,12). The largest absolute Gasteiger partial charge is 0.478 e. The van der Waals surface area contributed by atoms with Gasteiger partial charge in [-0.25, -0.2) is 13.2 Å². The Labute approximate surface area is 91.4 Å². The number of hydrogen-bond donors (Lipinski definition) is 2. The van der Waals surface area contributed by atoms with E-state index in [0.717, 1.165) is 18.4 Å². The molecule has 15 heavy (non-hydrogen) atoms. The quantitative estimate of drug-likeness (QED) is 0.763. The van der Waals surface area contributed by atoms with E-state index in [4.69, 9.17) is 22.4 Å².